The fourth-order valence-corrected chi connectivity index (χ4v) is 1.19. The number of ether oxygens (including phenoxy) is 1. The van der Waals surface area contributed by atoms with Crippen molar-refractivity contribution in [1.29, 1.82) is 0 Å². The molecule has 0 aromatic heterocycles. The van der Waals surface area contributed by atoms with E-state index in [0.717, 1.165) is 12.1 Å². The van der Waals surface area contributed by atoms with E-state index < -0.39 is 0 Å². The van der Waals surface area contributed by atoms with Crippen LogP contribution in [0.5, 0.6) is 0 Å². The molecule has 0 radical (unpaired) electrons. The molecule has 12 heavy (non-hydrogen) atoms. The SMILES string of the molecule is CC1=CCC=CN1C(C)OC=O. The van der Waals surface area contributed by atoms with E-state index in [1.54, 1.807) is 0 Å². The minimum absolute atomic E-state index is 0.213. The second kappa shape index (κ2) is 3.95. The van der Waals surface area contributed by atoms with Crippen LogP contribution in [0.15, 0.2) is 24.0 Å². The van der Waals surface area contributed by atoms with E-state index in [1.807, 2.05) is 31.0 Å². The summed E-state index contributed by atoms with van der Waals surface area (Å²) in [6.45, 7) is 4.30. The lowest BCUT2D eigenvalue weighted by Crippen LogP contribution is -2.29. The smallest absolute Gasteiger partial charge is 0.295 e. The topological polar surface area (TPSA) is 29.5 Å². The summed E-state index contributed by atoms with van der Waals surface area (Å²) in [5.74, 6) is 0. The number of carbonyl (C=O) groups excluding carboxylic acids is 1. The molecule has 0 aliphatic carbocycles. The van der Waals surface area contributed by atoms with Crippen molar-refractivity contribution in [2.45, 2.75) is 26.5 Å². The lowest BCUT2D eigenvalue weighted by Gasteiger charge is -2.28. The van der Waals surface area contributed by atoms with Crippen molar-refractivity contribution >= 4 is 6.47 Å². The Hall–Kier alpha value is -1.25. The highest BCUT2D eigenvalue weighted by atomic mass is 16.5. The largest absolute Gasteiger partial charge is 0.444 e. The molecule has 0 spiro atoms. The van der Waals surface area contributed by atoms with Gasteiger partial charge < -0.3 is 9.64 Å². The molecule has 1 heterocycles. The summed E-state index contributed by atoms with van der Waals surface area (Å²) in [5.41, 5.74) is 1.12. The molecule has 0 saturated carbocycles. The average Bonchev–Trinajstić information content (AvgIpc) is 2.05. The fourth-order valence-electron chi connectivity index (χ4n) is 1.19. The summed E-state index contributed by atoms with van der Waals surface area (Å²) in [7, 11) is 0. The number of allylic oxidation sites excluding steroid dienone is 3. The molecule has 1 atom stereocenters. The first-order valence-corrected chi connectivity index (χ1v) is 3.96. The first-order chi connectivity index (χ1) is 5.75. The highest BCUT2D eigenvalue weighted by Crippen LogP contribution is 2.15. The summed E-state index contributed by atoms with van der Waals surface area (Å²) in [5, 5.41) is 0. The van der Waals surface area contributed by atoms with Crippen LogP contribution in [0, 0.1) is 0 Å². The first-order valence-electron chi connectivity index (χ1n) is 3.96. The summed E-state index contributed by atoms with van der Waals surface area (Å²) in [4.78, 5) is 12.0. The molecule has 3 nitrogen and oxygen atoms in total. The van der Waals surface area contributed by atoms with Crippen LogP contribution in [0.1, 0.15) is 20.3 Å². The van der Waals surface area contributed by atoms with Crippen molar-refractivity contribution in [3.63, 3.8) is 0 Å². The summed E-state index contributed by atoms with van der Waals surface area (Å²) in [6, 6.07) is 0. The molecule has 1 unspecified atom stereocenters. The van der Waals surface area contributed by atoms with Gasteiger partial charge in [0.05, 0.1) is 0 Å². The molecule has 0 N–H and O–H groups in total. The summed E-state index contributed by atoms with van der Waals surface area (Å²) >= 11 is 0. The third kappa shape index (κ3) is 1.87. The minimum Gasteiger partial charge on any atom is -0.444 e. The molecule has 0 aromatic rings. The van der Waals surface area contributed by atoms with E-state index in [0.29, 0.717) is 6.47 Å². The zero-order valence-corrected chi connectivity index (χ0v) is 7.36. The third-order valence-electron chi connectivity index (χ3n) is 1.87. The predicted octanol–water partition coefficient (Wildman–Crippen LogP) is 1.63. The van der Waals surface area contributed by atoms with Crippen LogP contribution in [-0.4, -0.2) is 17.6 Å². The Morgan fingerprint density at radius 3 is 3.08 bits per heavy atom. The Bertz CT molecular complexity index is 221. The quantitative estimate of drug-likeness (QED) is 0.598. The molecule has 0 bridgehead atoms. The monoisotopic (exact) mass is 167 g/mol. The highest BCUT2D eigenvalue weighted by Gasteiger charge is 2.12. The van der Waals surface area contributed by atoms with Crippen molar-refractivity contribution in [1.82, 2.24) is 4.90 Å². The van der Waals surface area contributed by atoms with Crippen LogP contribution in [0.25, 0.3) is 0 Å². The second-order valence-corrected chi connectivity index (χ2v) is 2.70. The Balaban J connectivity index is 2.60. The van der Waals surface area contributed by atoms with Crippen LogP contribution >= 0.6 is 0 Å². The number of carbonyl (C=O) groups is 1. The van der Waals surface area contributed by atoms with Gasteiger partial charge in [0.1, 0.15) is 0 Å². The van der Waals surface area contributed by atoms with Crippen molar-refractivity contribution in [2.24, 2.45) is 0 Å². The zero-order valence-electron chi connectivity index (χ0n) is 7.36. The van der Waals surface area contributed by atoms with E-state index in [-0.39, 0.29) is 6.23 Å². The molecule has 66 valence electrons. The highest BCUT2D eigenvalue weighted by molar-refractivity contribution is 5.37. The number of rotatable bonds is 3. The number of hydrogen-bond donors (Lipinski definition) is 0. The lowest BCUT2D eigenvalue weighted by molar-refractivity contribution is -0.138. The van der Waals surface area contributed by atoms with E-state index in [2.05, 4.69) is 6.08 Å². The molecule has 1 rings (SSSR count). The Kier molecular flexibility index (Phi) is 2.91. The third-order valence-corrected chi connectivity index (χ3v) is 1.87. The van der Waals surface area contributed by atoms with Crippen molar-refractivity contribution in [3.05, 3.63) is 24.0 Å². The maximum Gasteiger partial charge on any atom is 0.295 e. The number of hydrogen-bond acceptors (Lipinski definition) is 3. The lowest BCUT2D eigenvalue weighted by atomic mass is 10.2. The maximum absolute atomic E-state index is 10.1. The van der Waals surface area contributed by atoms with Gasteiger partial charge in [0.15, 0.2) is 6.23 Å². The molecule has 1 aliphatic rings. The first kappa shape index (κ1) is 8.84. The van der Waals surface area contributed by atoms with Crippen molar-refractivity contribution in [2.75, 3.05) is 0 Å². The molecular weight excluding hydrogens is 154 g/mol. The maximum atomic E-state index is 10.1. The van der Waals surface area contributed by atoms with Gasteiger partial charge in [-0.2, -0.15) is 0 Å². The molecule has 3 heteroatoms. The van der Waals surface area contributed by atoms with Crippen LogP contribution in [0.3, 0.4) is 0 Å². The van der Waals surface area contributed by atoms with Gasteiger partial charge in [0, 0.05) is 11.9 Å². The number of nitrogens with zero attached hydrogens (tertiary/aromatic N) is 1. The zero-order chi connectivity index (χ0) is 8.97. The normalized spacial score (nSPS) is 18.5. The van der Waals surface area contributed by atoms with Gasteiger partial charge in [0.25, 0.3) is 6.47 Å². The summed E-state index contributed by atoms with van der Waals surface area (Å²) < 4.78 is 4.80. The Morgan fingerprint density at radius 1 is 1.75 bits per heavy atom. The summed E-state index contributed by atoms with van der Waals surface area (Å²) in [6.07, 6.45) is 6.79. The minimum atomic E-state index is -0.213. The van der Waals surface area contributed by atoms with Gasteiger partial charge in [-0.25, -0.2) is 0 Å². The Labute approximate surface area is 72.3 Å². The van der Waals surface area contributed by atoms with Gasteiger partial charge >= 0.3 is 0 Å². The second-order valence-electron chi connectivity index (χ2n) is 2.70. The van der Waals surface area contributed by atoms with E-state index in [1.165, 1.54) is 0 Å². The molecular formula is C9H13NO2. The molecule has 0 saturated heterocycles. The van der Waals surface area contributed by atoms with Gasteiger partial charge in [-0.3, -0.25) is 4.79 Å². The van der Waals surface area contributed by atoms with E-state index in [9.17, 15) is 4.79 Å². The molecule has 0 aromatic carbocycles. The van der Waals surface area contributed by atoms with Gasteiger partial charge in [-0.1, -0.05) is 12.2 Å². The van der Waals surface area contributed by atoms with Crippen LogP contribution in [0.4, 0.5) is 0 Å². The predicted molar refractivity (Wildman–Crippen MR) is 46.0 cm³/mol. The van der Waals surface area contributed by atoms with Crippen LogP contribution in [0.2, 0.25) is 0 Å². The molecule has 0 fully saturated rings. The molecule has 1 aliphatic heterocycles. The molecule has 0 amide bonds. The van der Waals surface area contributed by atoms with E-state index >= 15 is 0 Å². The standard InChI is InChI=1S/C9H13NO2/c1-8-5-3-4-6-10(8)9(2)12-7-11/h4-7,9H,3H2,1-2H3. The Morgan fingerprint density at radius 2 is 2.50 bits per heavy atom. The van der Waals surface area contributed by atoms with Crippen molar-refractivity contribution < 1.29 is 9.53 Å². The fraction of sp³-hybridized carbons (Fsp3) is 0.444. The van der Waals surface area contributed by atoms with Crippen LogP contribution in [-0.2, 0) is 9.53 Å². The van der Waals surface area contributed by atoms with E-state index in [4.69, 9.17) is 4.74 Å². The van der Waals surface area contributed by atoms with Gasteiger partial charge in [-0.15, -0.1) is 0 Å². The average molecular weight is 167 g/mol. The van der Waals surface area contributed by atoms with Gasteiger partial charge in [-0.05, 0) is 20.3 Å². The van der Waals surface area contributed by atoms with Crippen molar-refractivity contribution in [3.8, 4) is 0 Å². The van der Waals surface area contributed by atoms with Gasteiger partial charge in [0.2, 0.25) is 0 Å². The van der Waals surface area contributed by atoms with Crippen LogP contribution < -0.4 is 0 Å².